The van der Waals surface area contributed by atoms with Crippen molar-refractivity contribution in [2.24, 2.45) is 4.99 Å². The van der Waals surface area contributed by atoms with Gasteiger partial charge in [-0.15, -0.1) is 0 Å². The number of alkyl halides is 3. The first-order valence-electron chi connectivity index (χ1n) is 9.11. The summed E-state index contributed by atoms with van der Waals surface area (Å²) in [4.78, 5) is 24.1. The number of guanidine groups is 1. The van der Waals surface area contributed by atoms with Crippen molar-refractivity contribution < 1.29 is 22.7 Å². The van der Waals surface area contributed by atoms with Gasteiger partial charge in [-0.3, -0.25) is 4.79 Å². The minimum absolute atomic E-state index is 0.00550. The van der Waals surface area contributed by atoms with Crippen LogP contribution >= 0.6 is 0 Å². The van der Waals surface area contributed by atoms with Gasteiger partial charge in [0.1, 0.15) is 0 Å². The lowest BCUT2D eigenvalue weighted by Gasteiger charge is -2.25. The Balaban J connectivity index is 2.71. The molecule has 1 heterocycles. The number of aromatic nitrogens is 1. The summed E-state index contributed by atoms with van der Waals surface area (Å²) < 4.78 is 41.0. The summed E-state index contributed by atoms with van der Waals surface area (Å²) in [5, 5.41) is 3.12. The van der Waals surface area contributed by atoms with Crippen LogP contribution in [0.15, 0.2) is 23.3 Å². The zero-order chi connectivity index (χ0) is 21.2. The van der Waals surface area contributed by atoms with Crippen LogP contribution in [-0.2, 0) is 11.3 Å². The third kappa shape index (κ3) is 8.45. The third-order valence-electron chi connectivity index (χ3n) is 3.78. The van der Waals surface area contributed by atoms with Crippen molar-refractivity contribution in [3.63, 3.8) is 0 Å². The molecule has 10 heteroatoms. The normalized spacial score (nSPS) is 11.9. The van der Waals surface area contributed by atoms with Crippen LogP contribution in [0.1, 0.15) is 26.3 Å². The Bertz CT molecular complexity index is 631. The molecule has 28 heavy (non-hydrogen) atoms. The van der Waals surface area contributed by atoms with Gasteiger partial charge in [0.15, 0.2) is 12.6 Å². The fraction of sp³-hybridized carbons (Fsp3) is 0.611. The van der Waals surface area contributed by atoms with E-state index in [0.29, 0.717) is 31.2 Å². The second-order valence-electron chi connectivity index (χ2n) is 6.00. The van der Waals surface area contributed by atoms with Gasteiger partial charge in [-0.1, -0.05) is 6.07 Å². The average molecular weight is 403 g/mol. The Labute approximate surface area is 163 Å². The number of ether oxygens (including phenoxy) is 1. The van der Waals surface area contributed by atoms with Crippen LogP contribution in [0.5, 0.6) is 5.88 Å². The second kappa shape index (κ2) is 11.4. The van der Waals surface area contributed by atoms with Crippen LogP contribution in [-0.4, -0.2) is 72.7 Å². The van der Waals surface area contributed by atoms with Gasteiger partial charge in [-0.2, -0.15) is 13.2 Å². The number of rotatable bonds is 9. The highest BCUT2D eigenvalue weighted by Crippen LogP contribution is 2.17. The van der Waals surface area contributed by atoms with E-state index in [2.05, 4.69) is 20.0 Å². The van der Waals surface area contributed by atoms with E-state index in [0.717, 1.165) is 0 Å². The molecule has 0 unspecified atom stereocenters. The molecule has 0 aliphatic carbocycles. The summed E-state index contributed by atoms with van der Waals surface area (Å²) in [6.45, 7) is 6.76. The molecule has 0 aliphatic heterocycles. The standard InChI is InChI=1S/C18H28F3N5O2/c1-5-22-17(25(4)12-16(27)26(6-2)7-3)24-11-14-8-9-15(23-10-14)28-13-18(19,20)21/h8-10H,5-7,11-13H2,1-4H3,(H,22,24). The lowest BCUT2D eigenvalue weighted by atomic mass is 10.3. The van der Waals surface area contributed by atoms with E-state index >= 15 is 0 Å². The van der Waals surface area contributed by atoms with Crippen molar-refractivity contribution >= 4 is 11.9 Å². The van der Waals surface area contributed by atoms with Crippen molar-refractivity contribution in [3.8, 4) is 5.88 Å². The largest absolute Gasteiger partial charge is 0.468 e. The predicted octanol–water partition coefficient (Wildman–Crippen LogP) is 2.29. The van der Waals surface area contributed by atoms with Crippen LogP contribution in [0, 0.1) is 0 Å². The van der Waals surface area contributed by atoms with Crippen LogP contribution in [0.25, 0.3) is 0 Å². The first-order valence-corrected chi connectivity index (χ1v) is 9.11. The topological polar surface area (TPSA) is 70.1 Å². The van der Waals surface area contributed by atoms with Crippen molar-refractivity contribution in [2.45, 2.75) is 33.5 Å². The summed E-state index contributed by atoms with van der Waals surface area (Å²) >= 11 is 0. The number of hydrogen-bond donors (Lipinski definition) is 1. The number of carbonyl (C=O) groups is 1. The average Bonchev–Trinajstić information content (AvgIpc) is 2.64. The summed E-state index contributed by atoms with van der Waals surface area (Å²) in [6.07, 6.45) is -2.99. The molecule has 0 fully saturated rings. The molecule has 0 saturated heterocycles. The third-order valence-corrected chi connectivity index (χ3v) is 3.78. The Hall–Kier alpha value is -2.52. The minimum Gasteiger partial charge on any atom is -0.468 e. The maximum absolute atomic E-state index is 12.3. The van der Waals surface area contributed by atoms with Gasteiger partial charge in [0.05, 0.1) is 13.1 Å². The molecule has 1 amide bonds. The molecule has 158 valence electrons. The Kier molecular flexibility index (Phi) is 9.54. The molecule has 0 spiro atoms. The van der Waals surface area contributed by atoms with Crippen LogP contribution in [0.4, 0.5) is 13.2 Å². The van der Waals surface area contributed by atoms with E-state index in [-0.39, 0.29) is 24.9 Å². The van der Waals surface area contributed by atoms with E-state index in [1.807, 2.05) is 20.8 Å². The number of nitrogens with zero attached hydrogens (tertiary/aromatic N) is 4. The summed E-state index contributed by atoms with van der Waals surface area (Å²) in [6, 6.07) is 2.98. The van der Waals surface area contributed by atoms with Gasteiger partial charge in [0.2, 0.25) is 11.8 Å². The van der Waals surface area contributed by atoms with Crippen LogP contribution < -0.4 is 10.1 Å². The van der Waals surface area contributed by atoms with E-state index in [1.165, 1.54) is 12.3 Å². The quantitative estimate of drug-likeness (QED) is 0.506. The zero-order valence-electron chi connectivity index (χ0n) is 16.7. The number of nitrogens with one attached hydrogen (secondary N) is 1. The highest BCUT2D eigenvalue weighted by molar-refractivity contribution is 5.86. The molecule has 0 radical (unpaired) electrons. The Morgan fingerprint density at radius 3 is 2.43 bits per heavy atom. The fourth-order valence-corrected chi connectivity index (χ4v) is 2.34. The smallest absolute Gasteiger partial charge is 0.422 e. The molecule has 0 aromatic carbocycles. The van der Waals surface area contributed by atoms with Crippen molar-refractivity contribution in [3.05, 3.63) is 23.9 Å². The second-order valence-corrected chi connectivity index (χ2v) is 6.00. The van der Waals surface area contributed by atoms with E-state index in [9.17, 15) is 18.0 Å². The molecule has 0 aliphatic rings. The number of amides is 1. The molecule has 0 saturated carbocycles. The number of likely N-dealkylation sites (N-methyl/N-ethyl adjacent to an activating group) is 2. The number of carbonyl (C=O) groups excluding carboxylic acids is 1. The van der Waals surface area contributed by atoms with Crippen LogP contribution in [0.3, 0.4) is 0 Å². The highest BCUT2D eigenvalue weighted by Gasteiger charge is 2.28. The van der Waals surface area contributed by atoms with Gasteiger partial charge < -0.3 is 19.9 Å². The predicted molar refractivity (Wildman–Crippen MR) is 101 cm³/mol. The first-order chi connectivity index (χ1) is 13.2. The minimum atomic E-state index is -4.40. The molecule has 7 nitrogen and oxygen atoms in total. The number of halogens is 3. The lowest BCUT2D eigenvalue weighted by Crippen LogP contribution is -2.45. The Morgan fingerprint density at radius 1 is 1.25 bits per heavy atom. The summed E-state index contributed by atoms with van der Waals surface area (Å²) in [5.41, 5.74) is 0.707. The molecular formula is C18H28F3N5O2. The van der Waals surface area contributed by atoms with Crippen molar-refractivity contribution in [1.29, 1.82) is 0 Å². The van der Waals surface area contributed by atoms with Gasteiger partial charge in [0, 0.05) is 38.9 Å². The molecule has 0 bridgehead atoms. The van der Waals surface area contributed by atoms with Gasteiger partial charge in [0.25, 0.3) is 0 Å². The molecule has 1 aromatic rings. The Morgan fingerprint density at radius 2 is 1.93 bits per heavy atom. The van der Waals surface area contributed by atoms with E-state index in [4.69, 9.17) is 0 Å². The summed E-state index contributed by atoms with van der Waals surface area (Å²) in [7, 11) is 1.77. The zero-order valence-corrected chi connectivity index (χ0v) is 16.7. The van der Waals surface area contributed by atoms with Crippen LogP contribution in [0.2, 0.25) is 0 Å². The van der Waals surface area contributed by atoms with Crippen molar-refractivity contribution in [2.75, 3.05) is 39.8 Å². The number of hydrogen-bond acceptors (Lipinski definition) is 4. The number of pyridine rings is 1. The summed E-state index contributed by atoms with van der Waals surface area (Å²) in [5.74, 6) is 0.463. The fourth-order valence-electron chi connectivity index (χ4n) is 2.34. The lowest BCUT2D eigenvalue weighted by molar-refractivity contribution is -0.154. The van der Waals surface area contributed by atoms with Gasteiger partial charge in [-0.25, -0.2) is 9.98 Å². The molecule has 1 rings (SSSR count). The first kappa shape index (κ1) is 23.5. The van der Waals surface area contributed by atoms with Gasteiger partial charge >= 0.3 is 6.18 Å². The van der Waals surface area contributed by atoms with Crippen molar-refractivity contribution in [1.82, 2.24) is 20.1 Å². The SMILES string of the molecule is CCNC(=NCc1ccc(OCC(F)(F)F)nc1)N(C)CC(=O)N(CC)CC. The van der Waals surface area contributed by atoms with Gasteiger partial charge in [-0.05, 0) is 26.3 Å². The molecule has 1 N–H and O–H groups in total. The number of aliphatic imine (C=N–C) groups is 1. The maximum Gasteiger partial charge on any atom is 0.422 e. The molecule has 1 aromatic heterocycles. The monoisotopic (exact) mass is 403 g/mol. The molecule has 0 atom stereocenters. The van der Waals surface area contributed by atoms with E-state index < -0.39 is 12.8 Å². The van der Waals surface area contributed by atoms with E-state index in [1.54, 1.807) is 22.9 Å². The highest BCUT2D eigenvalue weighted by atomic mass is 19.4. The molecular weight excluding hydrogens is 375 g/mol. The maximum atomic E-state index is 12.3.